The summed E-state index contributed by atoms with van der Waals surface area (Å²) in [5.74, 6) is 0.373. The lowest BCUT2D eigenvalue weighted by Gasteiger charge is -2.31. The molecule has 0 radical (unpaired) electrons. The molecule has 1 unspecified atom stereocenters. The Balaban J connectivity index is 2.02. The molecular formula is C16H23BrFN. The molecule has 1 aliphatic rings. The molecule has 1 N–H and O–H groups in total. The molecular weight excluding hydrogens is 305 g/mol. The van der Waals surface area contributed by atoms with Gasteiger partial charge in [0, 0.05) is 6.04 Å². The second-order valence-electron chi connectivity index (χ2n) is 6.70. The lowest BCUT2D eigenvalue weighted by atomic mass is 9.77. The van der Waals surface area contributed by atoms with Gasteiger partial charge in [0.05, 0.1) is 4.47 Å². The summed E-state index contributed by atoms with van der Waals surface area (Å²) >= 11 is 3.27. The molecule has 3 heteroatoms. The Bertz CT molecular complexity index is 435. The summed E-state index contributed by atoms with van der Waals surface area (Å²) in [6.45, 7) is 7.89. The average molecular weight is 328 g/mol. The maximum atomic E-state index is 13.3. The van der Waals surface area contributed by atoms with Crippen molar-refractivity contribution < 1.29 is 4.39 Å². The van der Waals surface area contributed by atoms with Gasteiger partial charge >= 0.3 is 0 Å². The molecule has 0 aliphatic heterocycles. The fourth-order valence-electron chi connectivity index (χ4n) is 2.23. The SMILES string of the molecule is CC(C)(C)C(CNC1CC1)Cc1ccc(F)c(Br)c1. The van der Waals surface area contributed by atoms with Crippen molar-refractivity contribution >= 4 is 15.9 Å². The highest BCUT2D eigenvalue weighted by Gasteiger charge is 2.28. The van der Waals surface area contributed by atoms with Gasteiger partial charge in [-0.25, -0.2) is 4.39 Å². The molecule has 0 aromatic heterocycles. The summed E-state index contributed by atoms with van der Waals surface area (Å²) in [5, 5.41) is 3.62. The van der Waals surface area contributed by atoms with Crippen LogP contribution in [0, 0.1) is 17.2 Å². The predicted octanol–water partition coefficient (Wildman–Crippen LogP) is 4.55. The highest BCUT2D eigenvalue weighted by molar-refractivity contribution is 9.10. The zero-order valence-corrected chi connectivity index (χ0v) is 13.6. The first kappa shape index (κ1) is 15.0. The van der Waals surface area contributed by atoms with Gasteiger partial charge in [-0.1, -0.05) is 26.8 Å². The molecule has 1 aromatic carbocycles. The molecule has 0 amide bonds. The van der Waals surface area contributed by atoms with Gasteiger partial charge in [0.15, 0.2) is 0 Å². The van der Waals surface area contributed by atoms with Crippen molar-refractivity contribution in [3.8, 4) is 0 Å². The highest BCUT2D eigenvalue weighted by atomic mass is 79.9. The first-order valence-electron chi connectivity index (χ1n) is 7.03. The fraction of sp³-hybridized carbons (Fsp3) is 0.625. The third-order valence-corrected chi connectivity index (χ3v) is 4.53. The van der Waals surface area contributed by atoms with Crippen LogP contribution in [0.15, 0.2) is 22.7 Å². The number of hydrogen-bond donors (Lipinski definition) is 1. The van der Waals surface area contributed by atoms with E-state index in [1.165, 1.54) is 18.4 Å². The molecule has 1 saturated carbocycles. The quantitative estimate of drug-likeness (QED) is 0.836. The van der Waals surface area contributed by atoms with Crippen molar-refractivity contribution in [2.45, 2.75) is 46.1 Å². The van der Waals surface area contributed by atoms with Crippen LogP contribution in [0.4, 0.5) is 4.39 Å². The molecule has 0 spiro atoms. The molecule has 0 bridgehead atoms. The summed E-state index contributed by atoms with van der Waals surface area (Å²) < 4.78 is 13.8. The first-order valence-corrected chi connectivity index (χ1v) is 7.83. The van der Waals surface area contributed by atoms with Crippen molar-refractivity contribution in [2.75, 3.05) is 6.54 Å². The number of benzene rings is 1. The molecule has 1 aromatic rings. The van der Waals surface area contributed by atoms with E-state index in [0.717, 1.165) is 19.0 Å². The van der Waals surface area contributed by atoms with Crippen molar-refractivity contribution in [3.05, 3.63) is 34.1 Å². The molecule has 0 saturated heterocycles. The summed E-state index contributed by atoms with van der Waals surface area (Å²) in [4.78, 5) is 0. The van der Waals surface area contributed by atoms with E-state index in [-0.39, 0.29) is 11.2 Å². The van der Waals surface area contributed by atoms with Crippen LogP contribution in [0.1, 0.15) is 39.2 Å². The van der Waals surface area contributed by atoms with Crippen LogP contribution < -0.4 is 5.32 Å². The summed E-state index contributed by atoms with van der Waals surface area (Å²) in [6.07, 6.45) is 3.63. The maximum Gasteiger partial charge on any atom is 0.137 e. The molecule has 19 heavy (non-hydrogen) atoms. The number of hydrogen-bond acceptors (Lipinski definition) is 1. The minimum atomic E-state index is -0.188. The second kappa shape index (κ2) is 5.92. The van der Waals surface area contributed by atoms with E-state index in [1.54, 1.807) is 6.07 Å². The second-order valence-corrected chi connectivity index (χ2v) is 7.55. The number of halogens is 2. The Hall–Kier alpha value is -0.410. The van der Waals surface area contributed by atoms with E-state index in [9.17, 15) is 4.39 Å². The van der Waals surface area contributed by atoms with Gasteiger partial charge in [0.2, 0.25) is 0 Å². The third-order valence-electron chi connectivity index (χ3n) is 3.92. The maximum absolute atomic E-state index is 13.3. The largest absolute Gasteiger partial charge is 0.314 e. The van der Waals surface area contributed by atoms with Crippen LogP contribution in [0.3, 0.4) is 0 Å². The van der Waals surface area contributed by atoms with Crippen LogP contribution in [0.5, 0.6) is 0 Å². The zero-order chi connectivity index (χ0) is 14.0. The molecule has 1 aliphatic carbocycles. The Morgan fingerprint density at radius 3 is 2.58 bits per heavy atom. The van der Waals surface area contributed by atoms with Gasteiger partial charge < -0.3 is 5.32 Å². The van der Waals surface area contributed by atoms with E-state index in [0.29, 0.717) is 10.4 Å². The van der Waals surface area contributed by atoms with E-state index in [2.05, 4.69) is 42.0 Å². The minimum Gasteiger partial charge on any atom is -0.314 e. The minimum absolute atomic E-state index is 0.188. The van der Waals surface area contributed by atoms with E-state index < -0.39 is 0 Å². The predicted molar refractivity (Wildman–Crippen MR) is 81.8 cm³/mol. The van der Waals surface area contributed by atoms with Crippen molar-refractivity contribution in [1.82, 2.24) is 5.32 Å². The van der Waals surface area contributed by atoms with Gasteiger partial charge in [-0.3, -0.25) is 0 Å². The van der Waals surface area contributed by atoms with E-state index in [4.69, 9.17) is 0 Å². The topological polar surface area (TPSA) is 12.0 Å². The third kappa shape index (κ3) is 4.57. The Morgan fingerprint density at radius 1 is 1.37 bits per heavy atom. The summed E-state index contributed by atoms with van der Waals surface area (Å²) in [6, 6.07) is 6.10. The Kier molecular flexibility index (Phi) is 4.67. The molecule has 1 nitrogen and oxygen atoms in total. The van der Waals surface area contributed by atoms with Crippen LogP contribution in [-0.2, 0) is 6.42 Å². The van der Waals surface area contributed by atoms with Gasteiger partial charge in [-0.05, 0) is 70.8 Å². The molecule has 1 fully saturated rings. The standard InChI is InChI=1S/C16H23BrFN/c1-16(2,3)12(10-19-13-5-6-13)8-11-4-7-15(18)14(17)9-11/h4,7,9,12-13,19H,5-6,8,10H2,1-3H3. The summed E-state index contributed by atoms with van der Waals surface area (Å²) in [7, 11) is 0. The molecule has 0 heterocycles. The first-order chi connectivity index (χ1) is 8.86. The van der Waals surface area contributed by atoms with Crippen molar-refractivity contribution in [1.29, 1.82) is 0 Å². The van der Waals surface area contributed by atoms with Crippen molar-refractivity contribution in [3.63, 3.8) is 0 Å². The Morgan fingerprint density at radius 2 is 2.05 bits per heavy atom. The van der Waals surface area contributed by atoms with Gasteiger partial charge in [0.25, 0.3) is 0 Å². The summed E-state index contributed by atoms with van der Waals surface area (Å²) in [5.41, 5.74) is 1.45. The van der Waals surface area contributed by atoms with Crippen LogP contribution in [0.2, 0.25) is 0 Å². The molecule has 2 rings (SSSR count). The average Bonchev–Trinajstić information content (AvgIpc) is 3.11. The number of nitrogens with one attached hydrogen (secondary N) is 1. The van der Waals surface area contributed by atoms with Gasteiger partial charge in [0.1, 0.15) is 5.82 Å². The van der Waals surface area contributed by atoms with Crippen LogP contribution in [-0.4, -0.2) is 12.6 Å². The van der Waals surface area contributed by atoms with Gasteiger partial charge in [-0.2, -0.15) is 0 Å². The lowest BCUT2D eigenvalue weighted by Crippen LogP contribution is -2.34. The smallest absolute Gasteiger partial charge is 0.137 e. The molecule has 1 atom stereocenters. The van der Waals surface area contributed by atoms with Crippen LogP contribution in [0.25, 0.3) is 0 Å². The van der Waals surface area contributed by atoms with E-state index in [1.807, 2.05) is 12.1 Å². The highest BCUT2D eigenvalue weighted by Crippen LogP contribution is 2.31. The van der Waals surface area contributed by atoms with Gasteiger partial charge in [-0.15, -0.1) is 0 Å². The fourth-order valence-corrected chi connectivity index (χ4v) is 2.66. The lowest BCUT2D eigenvalue weighted by molar-refractivity contribution is 0.230. The zero-order valence-electron chi connectivity index (χ0n) is 12.0. The monoisotopic (exact) mass is 327 g/mol. The van der Waals surface area contributed by atoms with E-state index >= 15 is 0 Å². The molecule has 106 valence electrons. The number of rotatable bonds is 5. The van der Waals surface area contributed by atoms with Crippen molar-refractivity contribution in [2.24, 2.45) is 11.3 Å². The van der Waals surface area contributed by atoms with Crippen LogP contribution >= 0.6 is 15.9 Å². The normalized spacial score (nSPS) is 17.5. The Labute approximate surface area is 124 Å².